The van der Waals surface area contributed by atoms with Gasteiger partial charge in [0.05, 0.1) is 11.4 Å². The topological polar surface area (TPSA) is 64.7 Å². The lowest BCUT2D eigenvalue weighted by molar-refractivity contribution is -0.143. The number of nitrogens with one attached hydrogen (secondary N) is 1. The van der Waals surface area contributed by atoms with Gasteiger partial charge < -0.3 is 9.88 Å². The lowest BCUT2D eigenvalue weighted by atomic mass is 9.99. The van der Waals surface area contributed by atoms with Gasteiger partial charge in [-0.25, -0.2) is 4.98 Å². The summed E-state index contributed by atoms with van der Waals surface area (Å²) in [4.78, 5) is 16.6. The number of fused-ring (bicyclic) bond motifs is 1. The van der Waals surface area contributed by atoms with Crippen LogP contribution in [0.4, 0.5) is 13.2 Å². The number of carbonyl (C=O) groups excluding carboxylic acids is 1. The smallest absolute Gasteiger partial charge is 0.356 e. The third-order valence-corrected chi connectivity index (χ3v) is 6.25. The van der Waals surface area contributed by atoms with Crippen LogP contribution in [0.1, 0.15) is 30.8 Å². The minimum absolute atomic E-state index is 0.178. The highest BCUT2D eigenvalue weighted by Crippen LogP contribution is 2.33. The molecule has 0 spiro atoms. The van der Waals surface area contributed by atoms with Gasteiger partial charge in [0.15, 0.2) is 0 Å². The first-order valence-corrected chi connectivity index (χ1v) is 10.8. The van der Waals surface area contributed by atoms with E-state index in [4.69, 9.17) is 4.98 Å². The number of amides is 1. The molecule has 168 valence electrons. The minimum Gasteiger partial charge on any atom is -0.356 e. The summed E-state index contributed by atoms with van der Waals surface area (Å²) in [6, 6.07) is 8.32. The maximum atomic E-state index is 13.0. The quantitative estimate of drug-likeness (QED) is 0.647. The minimum atomic E-state index is -4.44. The number of imidazole rings is 1. The summed E-state index contributed by atoms with van der Waals surface area (Å²) in [5.41, 5.74) is 1.87. The molecule has 2 aromatic heterocycles. The Morgan fingerprint density at radius 3 is 2.44 bits per heavy atom. The molecule has 3 aromatic rings. The van der Waals surface area contributed by atoms with Crippen molar-refractivity contribution >= 4 is 5.91 Å². The Labute approximate surface area is 183 Å². The molecule has 1 N–H and O–H groups in total. The Morgan fingerprint density at radius 2 is 1.81 bits per heavy atom. The highest BCUT2D eigenvalue weighted by molar-refractivity contribution is 5.80. The van der Waals surface area contributed by atoms with E-state index in [2.05, 4.69) is 15.0 Å². The second-order valence-electron chi connectivity index (χ2n) is 8.73. The predicted molar refractivity (Wildman–Crippen MR) is 112 cm³/mol. The number of aryl methyl sites for hydroxylation is 2. The van der Waals surface area contributed by atoms with E-state index in [1.54, 1.807) is 12.1 Å². The average Bonchev–Trinajstić information content (AvgIpc) is 3.40. The highest BCUT2D eigenvalue weighted by Gasteiger charge is 2.35. The van der Waals surface area contributed by atoms with Crippen LogP contribution in [0.25, 0.3) is 22.5 Å². The van der Waals surface area contributed by atoms with Gasteiger partial charge in [-0.3, -0.25) is 9.48 Å². The van der Waals surface area contributed by atoms with E-state index in [9.17, 15) is 18.0 Å². The van der Waals surface area contributed by atoms with E-state index >= 15 is 0 Å². The summed E-state index contributed by atoms with van der Waals surface area (Å²) in [5, 5.41) is 7.07. The summed E-state index contributed by atoms with van der Waals surface area (Å²) in [5.74, 6) is 1.82. The van der Waals surface area contributed by atoms with Crippen LogP contribution in [0.3, 0.4) is 0 Å². The number of halogens is 3. The van der Waals surface area contributed by atoms with E-state index in [1.807, 2.05) is 18.3 Å². The fourth-order valence-electron chi connectivity index (χ4n) is 4.24. The van der Waals surface area contributed by atoms with Crippen molar-refractivity contribution in [3.63, 3.8) is 0 Å². The summed E-state index contributed by atoms with van der Waals surface area (Å²) in [6.07, 6.45) is 1.44. The van der Waals surface area contributed by atoms with Gasteiger partial charge in [0, 0.05) is 49.8 Å². The summed E-state index contributed by atoms with van der Waals surface area (Å²) in [6.45, 7) is 1.51. The fraction of sp³-hybridized carbons (Fsp3) is 0.435. The largest absolute Gasteiger partial charge is 0.433 e. The fourth-order valence-corrected chi connectivity index (χ4v) is 4.24. The number of hydrogen-bond donors (Lipinski definition) is 1. The van der Waals surface area contributed by atoms with E-state index in [1.165, 1.54) is 7.05 Å². The molecule has 1 aliphatic heterocycles. The van der Waals surface area contributed by atoms with Crippen molar-refractivity contribution in [2.75, 3.05) is 6.54 Å². The van der Waals surface area contributed by atoms with Gasteiger partial charge in [-0.15, -0.1) is 0 Å². The van der Waals surface area contributed by atoms with E-state index in [0.29, 0.717) is 18.0 Å². The number of aromatic nitrogens is 4. The van der Waals surface area contributed by atoms with Gasteiger partial charge in [-0.2, -0.15) is 18.3 Å². The third kappa shape index (κ3) is 4.16. The van der Waals surface area contributed by atoms with Crippen molar-refractivity contribution in [2.24, 2.45) is 18.9 Å². The van der Waals surface area contributed by atoms with Gasteiger partial charge in [0.25, 0.3) is 0 Å². The van der Waals surface area contributed by atoms with Crippen LogP contribution in [0.5, 0.6) is 0 Å². The van der Waals surface area contributed by atoms with Gasteiger partial charge in [-0.1, -0.05) is 24.3 Å². The van der Waals surface area contributed by atoms with Crippen LogP contribution in [-0.2, 0) is 31.0 Å². The second-order valence-corrected chi connectivity index (χ2v) is 8.73. The molecule has 9 heteroatoms. The Morgan fingerprint density at radius 1 is 1.12 bits per heavy atom. The molecule has 0 saturated heterocycles. The summed E-state index contributed by atoms with van der Waals surface area (Å²) in [7, 11) is 1.29. The maximum Gasteiger partial charge on any atom is 0.433 e. The van der Waals surface area contributed by atoms with Crippen LogP contribution in [0.15, 0.2) is 36.5 Å². The number of carbonyl (C=O) groups is 1. The SMILES string of the molecule is Cn1nc(-c2ccc(-c3cn4c(n3)CCC(CNC(=O)C3CC3)C4)cc2)cc1C(F)(F)F. The number of nitrogens with zero attached hydrogens (tertiary/aromatic N) is 4. The maximum absolute atomic E-state index is 13.0. The third-order valence-electron chi connectivity index (χ3n) is 6.25. The molecule has 5 rings (SSSR count). The summed E-state index contributed by atoms with van der Waals surface area (Å²) >= 11 is 0. The molecule has 3 heterocycles. The molecule has 0 bridgehead atoms. The Kier molecular flexibility index (Phi) is 5.06. The molecule has 0 radical (unpaired) electrons. The Bertz CT molecular complexity index is 1140. The normalized spacial score (nSPS) is 18.4. The van der Waals surface area contributed by atoms with Crippen LogP contribution in [0.2, 0.25) is 0 Å². The first-order chi connectivity index (χ1) is 15.3. The van der Waals surface area contributed by atoms with Crippen molar-refractivity contribution in [1.82, 2.24) is 24.6 Å². The van der Waals surface area contributed by atoms with Crippen LogP contribution < -0.4 is 5.32 Å². The molecule has 1 atom stereocenters. The molecule has 1 aromatic carbocycles. The molecule has 1 aliphatic carbocycles. The summed E-state index contributed by atoms with van der Waals surface area (Å²) < 4.78 is 42.1. The molecule has 6 nitrogen and oxygen atoms in total. The van der Waals surface area contributed by atoms with Crippen molar-refractivity contribution in [1.29, 1.82) is 0 Å². The van der Waals surface area contributed by atoms with Crippen LogP contribution in [-0.4, -0.2) is 31.8 Å². The van der Waals surface area contributed by atoms with E-state index in [0.717, 1.165) is 60.1 Å². The van der Waals surface area contributed by atoms with E-state index in [-0.39, 0.29) is 17.5 Å². The van der Waals surface area contributed by atoms with Gasteiger partial charge in [0.1, 0.15) is 11.5 Å². The predicted octanol–water partition coefficient (Wildman–Crippen LogP) is 4.06. The van der Waals surface area contributed by atoms with Crippen molar-refractivity contribution < 1.29 is 18.0 Å². The monoisotopic (exact) mass is 443 g/mol. The van der Waals surface area contributed by atoms with Crippen LogP contribution >= 0.6 is 0 Å². The van der Waals surface area contributed by atoms with E-state index < -0.39 is 11.9 Å². The van der Waals surface area contributed by atoms with Crippen molar-refractivity contribution in [3.8, 4) is 22.5 Å². The molecule has 2 aliphatic rings. The van der Waals surface area contributed by atoms with Crippen molar-refractivity contribution in [3.05, 3.63) is 48.0 Å². The van der Waals surface area contributed by atoms with Gasteiger partial charge in [-0.05, 0) is 31.2 Å². The molecule has 1 fully saturated rings. The molecule has 1 saturated carbocycles. The first-order valence-electron chi connectivity index (χ1n) is 10.8. The zero-order chi connectivity index (χ0) is 22.5. The number of benzene rings is 1. The molecule has 32 heavy (non-hydrogen) atoms. The number of alkyl halides is 3. The lowest BCUT2D eigenvalue weighted by Crippen LogP contribution is -2.34. The standard InChI is InChI=1S/C23H24F3N5O/c1-30-20(23(24,25)26)10-18(29-30)15-3-5-16(6-4-15)19-13-31-12-14(2-9-21(31)28-19)11-27-22(32)17-7-8-17/h3-6,10,13-14,17H,2,7-9,11-12H2,1H3,(H,27,32). The number of rotatable bonds is 5. The zero-order valence-electron chi connectivity index (χ0n) is 17.7. The first kappa shape index (κ1) is 20.8. The molecule has 1 unspecified atom stereocenters. The highest BCUT2D eigenvalue weighted by atomic mass is 19.4. The Hall–Kier alpha value is -3.10. The van der Waals surface area contributed by atoms with Crippen molar-refractivity contribution in [2.45, 2.75) is 38.4 Å². The molecule has 1 amide bonds. The second kappa shape index (κ2) is 7.79. The lowest BCUT2D eigenvalue weighted by Gasteiger charge is -2.23. The molecular formula is C23H24F3N5O. The Balaban J connectivity index is 1.28. The van der Waals surface area contributed by atoms with Gasteiger partial charge in [0.2, 0.25) is 5.91 Å². The van der Waals surface area contributed by atoms with Crippen LogP contribution in [0, 0.1) is 11.8 Å². The number of hydrogen-bond acceptors (Lipinski definition) is 3. The van der Waals surface area contributed by atoms with Gasteiger partial charge >= 0.3 is 6.18 Å². The average molecular weight is 443 g/mol. The zero-order valence-corrected chi connectivity index (χ0v) is 17.7. The molecular weight excluding hydrogens is 419 g/mol.